The molecular formula is C23H31N3O3. The lowest BCUT2D eigenvalue weighted by Crippen LogP contribution is -2.61. The third-order valence-corrected chi connectivity index (χ3v) is 6.07. The van der Waals surface area contributed by atoms with Gasteiger partial charge in [0.2, 0.25) is 0 Å². The van der Waals surface area contributed by atoms with Crippen molar-refractivity contribution in [2.45, 2.75) is 37.6 Å². The highest BCUT2D eigenvalue weighted by atomic mass is 16.5. The molecule has 0 unspecified atom stereocenters. The normalized spacial score (nSPS) is 22.6. The molecule has 29 heavy (non-hydrogen) atoms. The van der Waals surface area contributed by atoms with Crippen LogP contribution in [0.4, 0.5) is 0 Å². The fourth-order valence-corrected chi connectivity index (χ4v) is 4.54. The number of carbonyl (C=O) groups is 1. The molecule has 1 amide bonds. The number of ether oxygens (including phenoxy) is 1. The zero-order chi connectivity index (χ0) is 20.3. The molecule has 3 heterocycles. The predicted octanol–water partition coefficient (Wildman–Crippen LogP) is 2.60. The van der Waals surface area contributed by atoms with E-state index in [1.165, 1.54) is 0 Å². The molecule has 0 saturated carbocycles. The molecule has 156 valence electrons. The van der Waals surface area contributed by atoms with E-state index in [1.54, 1.807) is 11.2 Å². The number of morpholine rings is 1. The fraction of sp³-hybridized carbons (Fsp3) is 0.522. The van der Waals surface area contributed by atoms with Crippen molar-refractivity contribution in [1.82, 2.24) is 14.7 Å². The van der Waals surface area contributed by atoms with Gasteiger partial charge in [-0.3, -0.25) is 9.69 Å². The number of rotatable bonds is 5. The number of amides is 1. The average Bonchev–Trinajstić information content (AvgIpc) is 3.23. The lowest BCUT2D eigenvalue weighted by Gasteiger charge is -2.49. The Kier molecular flexibility index (Phi) is 6.04. The molecule has 2 aromatic rings. The van der Waals surface area contributed by atoms with Crippen LogP contribution in [0.2, 0.25) is 0 Å². The van der Waals surface area contributed by atoms with E-state index in [0.29, 0.717) is 13.1 Å². The second-order valence-electron chi connectivity index (χ2n) is 8.52. The van der Waals surface area contributed by atoms with Gasteiger partial charge in [-0.2, -0.15) is 0 Å². The van der Waals surface area contributed by atoms with Gasteiger partial charge in [-0.15, -0.1) is 0 Å². The third kappa shape index (κ3) is 4.89. The summed E-state index contributed by atoms with van der Waals surface area (Å²) in [6.45, 7) is 4.88. The van der Waals surface area contributed by atoms with Crippen molar-refractivity contribution in [2.75, 3.05) is 40.3 Å². The zero-order valence-electron chi connectivity index (χ0n) is 17.4. The Morgan fingerprint density at radius 2 is 1.93 bits per heavy atom. The summed E-state index contributed by atoms with van der Waals surface area (Å²) >= 11 is 0. The quantitative estimate of drug-likeness (QED) is 0.776. The van der Waals surface area contributed by atoms with Crippen LogP contribution >= 0.6 is 0 Å². The molecule has 1 aromatic heterocycles. The van der Waals surface area contributed by atoms with Crippen LogP contribution in [0.3, 0.4) is 0 Å². The molecule has 0 N–H and O–H groups in total. The van der Waals surface area contributed by atoms with Gasteiger partial charge in [0.1, 0.15) is 11.9 Å². The van der Waals surface area contributed by atoms with Crippen LogP contribution in [0.1, 0.15) is 24.2 Å². The van der Waals surface area contributed by atoms with Gasteiger partial charge in [-0.25, -0.2) is 0 Å². The number of furan rings is 1. The standard InChI is InChI=1S/C23H31N3O3/c1-24-17-21(22(27)25(2)15-19-7-4-3-5-8-19)29-23(18-24)10-12-26(13-11-23)16-20-9-6-14-28-20/h3-9,14,21H,10-13,15-18H2,1-2H3/t21-/m1/s1. The van der Waals surface area contributed by atoms with Crippen LogP contribution in [-0.2, 0) is 22.6 Å². The number of hydrogen-bond acceptors (Lipinski definition) is 5. The van der Waals surface area contributed by atoms with Crippen molar-refractivity contribution in [2.24, 2.45) is 0 Å². The van der Waals surface area contributed by atoms with E-state index < -0.39 is 6.10 Å². The highest BCUT2D eigenvalue weighted by Crippen LogP contribution is 2.33. The van der Waals surface area contributed by atoms with Gasteiger partial charge in [0, 0.05) is 39.8 Å². The summed E-state index contributed by atoms with van der Waals surface area (Å²) in [6, 6.07) is 14.1. The van der Waals surface area contributed by atoms with Gasteiger partial charge in [0.05, 0.1) is 18.4 Å². The number of carbonyl (C=O) groups excluding carboxylic acids is 1. The number of hydrogen-bond donors (Lipinski definition) is 0. The summed E-state index contributed by atoms with van der Waals surface area (Å²) in [6.07, 6.45) is 3.19. The molecule has 4 rings (SSSR count). The topological polar surface area (TPSA) is 49.2 Å². The monoisotopic (exact) mass is 397 g/mol. The summed E-state index contributed by atoms with van der Waals surface area (Å²) in [5.41, 5.74) is 0.897. The second-order valence-corrected chi connectivity index (χ2v) is 8.52. The molecule has 2 saturated heterocycles. The van der Waals surface area contributed by atoms with Crippen LogP contribution in [0, 0.1) is 0 Å². The Balaban J connectivity index is 1.36. The minimum absolute atomic E-state index is 0.0674. The molecule has 1 aromatic carbocycles. The average molecular weight is 398 g/mol. The Bertz CT molecular complexity index is 785. The third-order valence-electron chi connectivity index (χ3n) is 6.07. The van der Waals surface area contributed by atoms with E-state index in [2.05, 4.69) is 16.8 Å². The van der Waals surface area contributed by atoms with Crippen molar-refractivity contribution >= 4 is 5.91 Å². The summed E-state index contributed by atoms with van der Waals surface area (Å²) in [4.78, 5) is 19.5. The zero-order valence-corrected chi connectivity index (χ0v) is 17.4. The molecule has 2 aliphatic heterocycles. The van der Waals surface area contributed by atoms with E-state index in [0.717, 1.165) is 50.3 Å². The molecule has 0 aliphatic carbocycles. The summed E-state index contributed by atoms with van der Waals surface area (Å²) < 4.78 is 12.0. The fourth-order valence-electron chi connectivity index (χ4n) is 4.54. The Morgan fingerprint density at radius 1 is 1.17 bits per heavy atom. The van der Waals surface area contributed by atoms with Gasteiger partial charge in [0.25, 0.3) is 5.91 Å². The van der Waals surface area contributed by atoms with Crippen molar-refractivity contribution < 1.29 is 13.9 Å². The first kappa shape index (κ1) is 20.1. The molecule has 0 radical (unpaired) electrons. The van der Waals surface area contributed by atoms with Crippen molar-refractivity contribution in [3.63, 3.8) is 0 Å². The second kappa shape index (κ2) is 8.69. The molecule has 6 heteroatoms. The maximum Gasteiger partial charge on any atom is 0.253 e. The van der Waals surface area contributed by atoms with Crippen molar-refractivity contribution in [1.29, 1.82) is 0 Å². The van der Waals surface area contributed by atoms with Crippen molar-refractivity contribution in [3.05, 3.63) is 60.1 Å². The van der Waals surface area contributed by atoms with Gasteiger partial charge >= 0.3 is 0 Å². The van der Waals surface area contributed by atoms with E-state index in [1.807, 2.05) is 49.5 Å². The van der Waals surface area contributed by atoms with E-state index in [4.69, 9.17) is 9.15 Å². The number of piperidine rings is 1. The molecule has 2 fully saturated rings. The SMILES string of the molecule is CN1C[C@H](C(=O)N(C)Cc2ccccc2)OC2(CCN(Cc3ccco3)CC2)C1. The molecule has 1 spiro atoms. The Morgan fingerprint density at radius 3 is 2.62 bits per heavy atom. The van der Waals surface area contributed by atoms with Crippen LogP contribution in [-0.4, -0.2) is 72.6 Å². The predicted molar refractivity (Wildman–Crippen MR) is 111 cm³/mol. The Hall–Kier alpha value is -2.15. The lowest BCUT2D eigenvalue weighted by molar-refractivity contribution is -0.188. The number of benzene rings is 1. The number of nitrogens with zero attached hydrogens (tertiary/aromatic N) is 3. The van der Waals surface area contributed by atoms with Crippen LogP contribution in [0.15, 0.2) is 53.1 Å². The summed E-state index contributed by atoms with van der Waals surface area (Å²) in [5, 5.41) is 0. The smallest absolute Gasteiger partial charge is 0.253 e. The summed E-state index contributed by atoms with van der Waals surface area (Å²) in [7, 11) is 3.96. The molecule has 6 nitrogen and oxygen atoms in total. The maximum absolute atomic E-state index is 13.1. The molecular weight excluding hydrogens is 366 g/mol. The number of likely N-dealkylation sites (N-methyl/N-ethyl adjacent to an activating group) is 2. The first-order chi connectivity index (χ1) is 14.0. The van der Waals surface area contributed by atoms with Gasteiger partial charge in [-0.05, 0) is 37.6 Å². The van der Waals surface area contributed by atoms with Gasteiger partial charge in [-0.1, -0.05) is 30.3 Å². The van der Waals surface area contributed by atoms with Crippen LogP contribution in [0.5, 0.6) is 0 Å². The first-order valence-electron chi connectivity index (χ1n) is 10.4. The first-order valence-corrected chi connectivity index (χ1v) is 10.4. The van der Waals surface area contributed by atoms with E-state index >= 15 is 0 Å². The maximum atomic E-state index is 13.1. The minimum atomic E-state index is -0.404. The largest absolute Gasteiger partial charge is 0.468 e. The van der Waals surface area contributed by atoms with E-state index in [-0.39, 0.29) is 11.5 Å². The van der Waals surface area contributed by atoms with Crippen molar-refractivity contribution in [3.8, 4) is 0 Å². The molecule has 0 bridgehead atoms. The minimum Gasteiger partial charge on any atom is -0.468 e. The molecule has 2 aliphatic rings. The van der Waals surface area contributed by atoms with Gasteiger partial charge < -0.3 is 19.0 Å². The summed E-state index contributed by atoms with van der Waals surface area (Å²) in [5.74, 6) is 1.07. The Labute approximate surface area is 173 Å². The lowest BCUT2D eigenvalue weighted by atomic mass is 9.88. The van der Waals surface area contributed by atoms with Gasteiger partial charge in [0.15, 0.2) is 0 Å². The highest BCUT2D eigenvalue weighted by Gasteiger charge is 2.44. The van der Waals surface area contributed by atoms with Crippen LogP contribution in [0.25, 0.3) is 0 Å². The van der Waals surface area contributed by atoms with Crippen LogP contribution < -0.4 is 0 Å². The highest BCUT2D eigenvalue weighted by molar-refractivity contribution is 5.81. The molecule has 1 atom stereocenters. The number of likely N-dealkylation sites (tertiary alicyclic amines) is 1. The van der Waals surface area contributed by atoms with E-state index in [9.17, 15) is 4.79 Å².